The molecule has 138 valence electrons. The van der Waals surface area contributed by atoms with E-state index in [1.807, 2.05) is 6.07 Å². The quantitative estimate of drug-likeness (QED) is 0.834. The molecule has 2 aromatic carbocycles. The SMILES string of the molecule is O=S(=O)(NCc1ccccc1)c1cc(Cl)c2c(c1)C=CC(C(F)(F)F)O2. The second-order valence-corrected chi connectivity index (χ2v) is 7.75. The van der Waals surface area contributed by atoms with E-state index >= 15 is 0 Å². The largest absolute Gasteiger partial charge is 0.475 e. The molecule has 26 heavy (non-hydrogen) atoms. The van der Waals surface area contributed by atoms with Gasteiger partial charge in [-0.2, -0.15) is 13.2 Å². The molecule has 0 saturated carbocycles. The normalized spacial score (nSPS) is 16.8. The van der Waals surface area contributed by atoms with Crippen molar-refractivity contribution in [3.05, 3.63) is 64.7 Å². The number of hydrogen-bond donors (Lipinski definition) is 1. The Hall–Kier alpha value is -2.03. The van der Waals surface area contributed by atoms with Crippen LogP contribution in [0.15, 0.2) is 53.4 Å². The van der Waals surface area contributed by atoms with E-state index in [9.17, 15) is 21.6 Å². The summed E-state index contributed by atoms with van der Waals surface area (Å²) in [6.45, 7) is 0.0698. The fourth-order valence-corrected chi connectivity index (χ4v) is 3.80. The van der Waals surface area contributed by atoms with Crippen molar-refractivity contribution in [2.75, 3.05) is 0 Å². The van der Waals surface area contributed by atoms with Crippen LogP contribution in [0.5, 0.6) is 5.75 Å². The number of rotatable bonds is 4. The highest BCUT2D eigenvalue weighted by atomic mass is 35.5. The Morgan fingerprint density at radius 2 is 1.85 bits per heavy atom. The molecule has 1 aliphatic heterocycles. The molecule has 1 N–H and O–H groups in total. The third-order valence-electron chi connectivity index (χ3n) is 3.68. The van der Waals surface area contributed by atoms with Crippen molar-refractivity contribution in [1.29, 1.82) is 0 Å². The van der Waals surface area contributed by atoms with Crippen LogP contribution >= 0.6 is 11.6 Å². The molecule has 4 nitrogen and oxygen atoms in total. The highest BCUT2D eigenvalue weighted by Crippen LogP contribution is 2.39. The Morgan fingerprint density at radius 1 is 1.15 bits per heavy atom. The van der Waals surface area contributed by atoms with Crippen molar-refractivity contribution in [2.45, 2.75) is 23.7 Å². The molecule has 1 unspecified atom stereocenters. The molecule has 1 aliphatic rings. The molecule has 0 fully saturated rings. The van der Waals surface area contributed by atoms with Crippen LogP contribution in [0.1, 0.15) is 11.1 Å². The zero-order valence-electron chi connectivity index (χ0n) is 13.1. The van der Waals surface area contributed by atoms with Crippen molar-refractivity contribution < 1.29 is 26.3 Å². The van der Waals surface area contributed by atoms with Crippen LogP contribution in [-0.2, 0) is 16.6 Å². The van der Waals surface area contributed by atoms with E-state index in [4.69, 9.17) is 16.3 Å². The van der Waals surface area contributed by atoms with Crippen molar-refractivity contribution in [3.63, 3.8) is 0 Å². The number of hydrogen-bond acceptors (Lipinski definition) is 3. The summed E-state index contributed by atoms with van der Waals surface area (Å²) in [5, 5.41) is -0.207. The van der Waals surface area contributed by atoms with Crippen molar-refractivity contribution >= 4 is 27.7 Å². The van der Waals surface area contributed by atoms with E-state index in [1.165, 1.54) is 6.07 Å². The van der Waals surface area contributed by atoms with Crippen molar-refractivity contribution in [3.8, 4) is 5.75 Å². The third kappa shape index (κ3) is 4.03. The molecule has 2 aromatic rings. The van der Waals surface area contributed by atoms with Gasteiger partial charge in [0.2, 0.25) is 16.1 Å². The molecule has 0 radical (unpaired) electrons. The minimum Gasteiger partial charge on any atom is -0.475 e. The molecule has 0 aliphatic carbocycles. The van der Waals surface area contributed by atoms with Crippen LogP contribution in [0.4, 0.5) is 13.2 Å². The van der Waals surface area contributed by atoms with Gasteiger partial charge >= 0.3 is 6.18 Å². The van der Waals surface area contributed by atoms with Gasteiger partial charge in [-0.25, -0.2) is 13.1 Å². The molecule has 0 aromatic heterocycles. The lowest BCUT2D eigenvalue weighted by Crippen LogP contribution is -2.34. The van der Waals surface area contributed by atoms with Gasteiger partial charge in [0.25, 0.3) is 0 Å². The van der Waals surface area contributed by atoms with E-state index < -0.39 is 22.3 Å². The Kier molecular flexibility index (Phi) is 5.01. The summed E-state index contributed by atoms with van der Waals surface area (Å²) in [4.78, 5) is -0.157. The number of halogens is 4. The molecular formula is C17H13ClF3NO3S. The van der Waals surface area contributed by atoms with Crippen LogP contribution in [0.25, 0.3) is 6.08 Å². The number of sulfonamides is 1. The first-order valence-electron chi connectivity index (χ1n) is 7.45. The van der Waals surface area contributed by atoms with E-state index in [2.05, 4.69) is 4.72 Å². The van der Waals surface area contributed by atoms with Crippen molar-refractivity contribution in [2.24, 2.45) is 0 Å². The summed E-state index contributed by atoms with van der Waals surface area (Å²) in [5.41, 5.74) is 0.925. The zero-order chi connectivity index (χ0) is 18.9. The van der Waals surface area contributed by atoms with Gasteiger partial charge in [0, 0.05) is 12.1 Å². The summed E-state index contributed by atoms with van der Waals surface area (Å²) < 4.78 is 70.5. The molecule has 1 atom stereocenters. The van der Waals surface area contributed by atoms with Gasteiger partial charge in [0.15, 0.2) is 0 Å². The maximum atomic E-state index is 12.8. The standard InChI is InChI=1S/C17H13ClF3NO3S/c18-14-9-13(26(23,24)22-10-11-4-2-1-3-5-11)8-12-6-7-15(17(19,20)21)25-16(12)14/h1-9,15,22H,10H2. The first-order valence-corrected chi connectivity index (χ1v) is 9.31. The molecule has 3 rings (SSSR count). The van der Waals surface area contributed by atoms with Crippen LogP contribution in [-0.4, -0.2) is 20.7 Å². The average molecular weight is 404 g/mol. The highest BCUT2D eigenvalue weighted by molar-refractivity contribution is 7.89. The first kappa shape index (κ1) is 18.8. The number of ether oxygens (including phenoxy) is 1. The van der Waals surface area contributed by atoms with E-state index in [0.29, 0.717) is 0 Å². The fraction of sp³-hybridized carbons (Fsp3) is 0.176. The topological polar surface area (TPSA) is 55.4 Å². The molecule has 0 amide bonds. The summed E-state index contributed by atoms with van der Waals surface area (Å²) in [7, 11) is -3.90. The Morgan fingerprint density at radius 3 is 2.50 bits per heavy atom. The van der Waals surface area contributed by atoms with Gasteiger partial charge in [-0.15, -0.1) is 0 Å². The van der Waals surface area contributed by atoms with Crippen molar-refractivity contribution in [1.82, 2.24) is 4.72 Å². The zero-order valence-corrected chi connectivity index (χ0v) is 14.7. The maximum absolute atomic E-state index is 12.8. The second kappa shape index (κ2) is 6.94. The summed E-state index contributed by atoms with van der Waals surface area (Å²) in [5.74, 6) is -0.196. The third-order valence-corrected chi connectivity index (χ3v) is 5.34. The van der Waals surface area contributed by atoms with Crippen LogP contribution in [0.2, 0.25) is 5.02 Å². The van der Waals surface area contributed by atoms with Gasteiger partial charge in [-0.1, -0.05) is 48.0 Å². The lowest BCUT2D eigenvalue weighted by Gasteiger charge is -2.24. The molecule has 0 bridgehead atoms. The predicted octanol–water partition coefficient (Wildman–Crippen LogP) is 4.16. The summed E-state index contributed by atoms with van der Waals surface area (Å²) >= 11 is 5.97. The molecule has 0 spiro atoms. The molecule has 0 saturated heterocycles. The van der Waals surface area contributed by atoms with Gasteiger partial charge in [0.1, 0.15) is 5.75 Å². The number of nitrogens with one attached hydrogen (secondary N) is 1. The molecular weight excluding hydrogens is 391 g/mol. The smallest absolute Gasteiger partial charge is 0.429 e. The van der Waals surface area contributed by atoms with Crippen LogP contribution < -0.4 is 9.46 Å². The van der Waals surface area contributed by atoms with E-state index in [0.717, 1.165) is 23.8 Å². The maximum Gasteiger partial charge on any atom is 0.429 e. The summed E-state index contributed by atoms with van der Waals surface area (Å²) in [6, 6.07) is 11.2. The van der Waals surface area contributed by atoms with Gasteiger partial charge in [0.05, 0.1) is 9.92 Å². The Labute approximate surface area is 153 Å². The van der Waals surface area contributed by atoms with Gasteiger partial charge in [-0.3, -0.25) is 0 Å². The fourth-order valence-electron chi connectivity index (χ4n) is 2.38. The lowest BCUT2D eigenvalue weighted by molar-refractivity contribution is -0.180. The first-order chi connectivity index (χ1) is 12.2. The predicted molar refractivity (Wildman–Crippen MR) is 91.4 cm³/mol. The number of benzene rings is 2. The monoisotopic (exact) mass is 403 g/mol. The van der Waals surface area contributed by atoms with E-state index in [1.54, 1.807) is 24.3 Å². The Balaban J connectivity index is 1.86. The molecule has 1 heterocycles. The summed E-state index contributed by atoms with van der Waals surface area (Å²) in [6.07, 6.45) is -4.74. The lowest BCUT2D eigenvalue weighted by atomic mass is 10.1. The minimum atomic E-state index is -4.58. The van der Waals surface area contributed by atoms with E-state index in [-0.39, 0.29) is 27.8 Å². The Bertz CT molecular complexity index is 944. The highest BCUT2D eigenvalue weighted by Gasteiger charge is 2.42. The average Bonchev–Trinajstić information content (AvgIpc) is 2.60. The second-order valence-electron chi connectivity index (χ2n) is 5.57. The minimum absolute atomic E-state index is 0.0698. The molecule has 9 heteroatoms. The van der Waals surface area contributed by atoms with Gasteiger partial charge in [-0.05, 0) is 23.8 Å². The van der Waals surface area contributed by atoms with Gasteiger partial charge < -0.3 is 4.74 Å². The van der Waals surface area contributed by atoms with Crippen LogP contribution in [0.3, 0.4) is 0 Å². The van der Waals surface area contributed by atoms with Crippen LogP contribution in [0, 0.1) is 0 Å². The number of alkyl halides is 3. The number of fused-ring (bicyclic) bond motifs is 1.